The summed E-state index contributed by atoms with van der Waals surface area (Å²) in [6.45, 7) is 7.67. The van der Waals surface area contributed by atoms with E-state index in [1.807, 2.05) is 51.1 Å². The summed E-state index contributed by atoms with van der Waals surface area (Å²) in [5.74, 6) is 0.0275. The molecular weight excluding hydrogens is 278 g/mol. The molecule has 1 aliphatic heterocycles. The van der Waals surface area contributed by atoms with Crippen molar-refractivity contribution >= 4 is 11.9 Å². The maximum Gasteiger partial charge on any atom is 0.411 e. The van der Waals surface area contributed by atoms with Crippen LogP contribution in [0.15, 0.2) is 30.3 Å². The Balaban J connectivity index is 2.28. The summed E-state index contributed by atoms with van der Waals surface area (Å²) in [5.41, 5.74) is -0.272. The maximum absolute atomic E-state index is 12.5. The van der Waals surface area contributed by atoms with Crippen LogP contribution in [0.3, 0.4) is 0 Å². The molecule has 1 aromatic carbocycles. The second-order valence-corrected chi connectivity index (χ2v) is 6.99. The van der Waals surface area contributed by atoms with Crippen LogP contribution in [0.25, 0.3) is 0 Å². The van der Waals surface area contributed by atoms with E-state index < -0.39 is 17.2 Å². The Labute approximate surface area is 132 Å². The van der Waals surface area contributed by atoms with Crippen molar-refractivity contribution in [2.45, 2.75) is 58.1 Å². The Kier molecular flexibility index (Phi) is 4.59. The summed E-state index contributed by atoms with van der Waals surface area (Å²) in [4.78, 5) is 26.6. The van der Waals surface area contributed by atoms with E-state index in [2.05, 4.69) is 0 Å². The molecule has 0 spiro atoms. The second-order valence-electron chi connectivity index (χ2n) is 6.99. The molecule has 22 heavy (non-hydrogen) atoms. The molecule has 0 aromatic heterocycles. The standard InChI is InChI=1S/C18H25NO3/c1-14(20)18(13-15-9-6-5-7-10-15)11-8-12-19(18)16(21)22-17(2,3)4/h5-7,9-10H,8,11-13H2,1-4H3. The van der Waals surface area contributed by atoms with Crippen molar-refractivity contribution < 1.29 is 14.3 Å². The third kappa shape index (κ3) is 3.49. The monoisotopic (exact) mass is 303 g/mol. The summed E-state index contributed by atoms with van der Waals surface area (Å²) in [6, 6.07) is 9.85. The minimum atomic E-state index is -0.774. The highest BCUT2D eigenvalue weighted by Gasteiger charge is 2.48. The smallest absolute Gasteiger partial charge is 0.411 e. The van der Waals surface area contributed by atoms with E-state index in [9.17, 15) is 9.59 Å². The lowest BCUT2D eigenvalue weighted by Crippen LogP contribution is -2.54. The van der Waals surface area contributed by atoms with Crippen molar-refractivity contribution in [3.05, 3.63) is 35.9 Å². The number of nitrogens with zero attached hydrogens (tertiary/aromatic N) is 1. The van der Waals surface area contributed by atoms with Gasteiger partial charge in [0.25, 0.3) is 0 Å². The van der Waals surface area contributed by atoms with Crippen LogP contribution in [0.4, 0.5) is 4.79 Å². The van der Waals surface area contributed by atoms with Gasteiger partial charge in [0.05, 0.1) is 0 Å². The average Bonchev–Trinajstić information content (AvgIpc) is 2.83. The molecule has 1 unspecified atom stereocenters. The Bertz CT molecular complexity index is 547. The first-order valence-electron chi connectivity index (χ1n) is 7.80. The highest BCUT2D eigenvalue weighted by atomic mass is 16.6. The minimum Gasteiger partial charge on any atom is -0.444 e. The number of amides is 1. The lowest BCUT2D eigenvalue weighted by molar-refractivity contribution is -0.127. The third-order valence-corrected chi connectivity index (χ3v) is 4.10. The molecule has 4 nitrogen and oxygen atoms in total. The topological polar surface area (TPSA) is 46.6 Å². The number of carbonyl (C=O) groups excluding carboxylic acids is 2. The van der Waals surface area contributed by atoms with Gasteiger partial charge in [-0.05, 0) is 46.1 Å². The molecule has 1 amide bonds. The lowest BCUT2D eigenvalue weighted by Gasteiger charge is -2.37. The highest BCUT2D eigenvalue weighted by Crippen LogP contribution is 2.35. The fourth-order valence-corrected chi connectivity index (χ4v) is 3.07. The number of likely N-dealkylation sites (tertiary alicyclic amines) is 1. The van der Waals surface area contributed by atoms with Gasteiger partial charge in [0, 0.05) is 13.0 Å². The molecule has 1 aliphatic rings. The summed E-state index contributed by atoms with van der Waals surface area (Å²) in [6.07, 6.45) is 1.67. The third-order valence-electron chi connectivity index (χ3n) is 4.10. The van der Waals surface area contributed by atoms with Crippen molar-refractivity contribution in [1.29, 1.82) is 0 Å². The van der Waals surface area contributed by atoms with Crippen LogP contribution in [-0.2, 0) is 16.0 Å². The zero-order valence-electron chi connectivity index (χ0n) is 13.9. The van der Waals surface area contributed by atoms with E-state index in [0.717, 1.165) is 12.0 Å². The van der Waals surface area contributed by atoms with Crippen LogP contribution in [0.2, 0.25) is 0 Å². The van der Waals surface area contributed by atoms with Crippen LogP contribution in [0.1, 0.15) is 46.1 Å². The number of ether oxygens (including phenoxy) is 1. The number of hydrogen-bond donors (Lipinski definition) is 0. The van der Waals surface area contributed by atoms with Crippen molar-refractivity contribution in [2.75, 3.05) is 6.54 Å². The number of benzene rings is 1. The first-order valence-corrected chi connectivity index (χ1v) is 7.80. The van der Waals surface area contributed by atoms with Crippen LogP contribution >= 0.6 is 0 Å². The van der Waals surface area contributed by atoms with Gasteiger partial charge in [-0.2, -0.15) is 0 Å². The van der Waals surface area contributed by atoms with E-state index in [1.54, 1.807) is 11.8 Å². The molecule has 120 valence electrons. The first-order chi connectivity index (χ1) is 10.2. The van der Waals surface area contributed by atoms with Crippen molar-refractivity contribution in [2.24, 2.45) is 0 Å². The minimum absolute atomic E-state index is 0.0275. The van der Waals surface area contributed by atoms with Gasteiger partial charge in [-0.3, -0.25) is 9.69 Å². The molecule has 1 fully saturated rings. The fraction of sp³-hybridized carbons (Fsp3) is 0.556. The number of Topliss-reactive ketones (excluding diaryl/α,β-unsaturated/α-hetero) is 1. The summed E-state index contributed by atoms with van der Waals surface area (Å²) in [5, 5.41) is 0. The summed E-state index contributed by atoms with van der Waals surface area (Å²) < 4.78 is 5.50. The Morgan fingerprint density at radius 3 is 2.41 bits per heavy atom. The molecule has 1 heterocycles. The molecule has 1 saturated heterocycles. The van der Waals surface area contributed by atoms with Gasteiger partial charge in [0.1, 0.15) is 11.1 Å². The molecule has 0 N–H and O–H groups in total. The van der Waals surface area contributed by atoms with E-state index >= 15 is 0 Å². The van der Waals surface area contributed by atoms with Gasteiger partial charge in [-0.15, -0.1) is 0 Å². The molecule has 0 aliphatic carbocycles. The molecule has 1 atom stereocenters. The first kappa shape index (κ1) is 16.5. The summed E-state index contributed by atoms with van der Waals surface area (Å²) in [7, 11) is 0. The largest absolute Gasteiger partial charge is 0.444 e. The van der Waals surface area contributed by atoms with Gasteiger partial charge >= 0.3 is 6.09 Å². The van der Waals surface area contributed by atoms with Crippen LogP contribution in [-0.4, -0.2) is 34.5 Å². The second kappa shape index (κ2) is 6.11. The van der Waals surface area contributed by atoms with Crippen molar-refractivity contribution in [3.8, 4) is 0 Å². The Morgan fingerprint density at radius 1 is 1.23 bits per heavy atom. The number of carbonyl (C=O) groups is 2. The normalized spacial score (nSPS) is 21.7. The fourth-order valence-electron chi connectivity index (χ4n) is 3.07. The zero-order valence-corrected chi connectivity index (χ0v) is 13.9. The number of rotatable bonds is 3. The van der Waals surface area contributed by atoms with Crippen LogP contribution in [0.5, 0.6) is 0 Å². The Hall–Kier alpha value is -1.84. The number of ketones is 1. The van der Waals surface area contributed by atoms with E-state index in [4.69, 9.17) is 4.74 Å². The zero-order chi connectivity index (χ0) is 16.4. The van der Waals surface area contributed by atoms with Crippen molar-refractivity contribution in [3.63, 3.8) is 0 Å². The van der Waals surface area contributed by atoms with Gasteiger partial charge < -0.3 is 4.74 Å². The molecule has 4 heteroatoms. The molecular formula is C18H25NO3. The average molecular weight is 303 g/mol. The van der Waals surface area contributed by atoms with E-state index in [-0.39, 0.29) is 5.78 Å². The predicted molar refractivity (Wildman–Crippen MR) is 85.7 cm³/mol. The van der Waals surface area contributed by atoms with Crippen molar-refractivity contribution in [1.82, 2.24) is 4.90 Å². The Morgan fingerprint density at radius 2 is 1.86 bits per heavy atom. The summed E-state index contributed by atoms with van der Waals surface area (Å²) >= 11 is 0. The highest BCUT2D eigenvalue weighted by molar-refractivity contribution is 5.90. The molecule has 0 radical (unpaired) electrons. The van der Waals surface area contributed by atoms with E-state index in [0.29, 0.717) is 19.4 Å². The molecule has 0 bridgehead atoms. The predicted octanol–water partition coefficient (Wildman–Crippen LogP) is 3.59. The van der Waals surface area contributed by atoms with Gasteiger partial charge in [-0.25, -0.2) is 4.79 Å². The molecule has 1 aromatic rings. The van der Waals surface area contributed by atoms with Crippen LogP contribution < -0.4 is 0 Å². The SMILES string of the molecule is CC(=O)C1(Cc2ccccc2)CCCN1C(=O)OC(C)(C)C. The maximum atomic E-state index is 12.5. The molecule has 0 saturated carbocycles. The van der Waals surface area contributed by atoms with Gasteiger partial charge in [0.15, 0.2) is 5.78 Å². The lowest BCUT2D eigenvalue weighted by atomic mass is 9.85. The quantitative estimate of drug-likeness (QED) is 0.857. The van der Waals surface area contributed by atoms with Gasteiger partial charge in [0.2, 0.25) is 0 Å². The number of hydrogen-bond acceptors (Lipinski definition) is 3. The van der Waals surface area contributed by atoms with E-state index in [1.165, 1.54) is 0 Å². The molecule has 2 rings (SSSR count). The van der Waals surface area contributed by atoms with Crippen LogP contribution in [0, 0.1) is 0 Å². The van der Waals surface area contributed by atoms with Gasteiger partial charge in [-0.1, -0.05) is 30.3 Å².